The Morgan fingerprint density at radius 1 is 1.38 bits per heavy atom. The lowest BCUT2D eigenvalue weighted by atomic mass is 10.2. The molecule has 0 aromatic heterocycles. The van der Waals surface area contributed by atoms with Crippen LogP contribution in [0.1, 0.15) is 6.42 Å². The molecule has 1 atom stereocenters. The van der Waals surface area contributed by atoms with Crippen LogP contribution in [0.4, 0.5) is 0 Å². The number of nitrogens with zero attached hydrogens (tertiary/aromatic N) is 1. The molecule has 0 heterocycles. The lowest BCUT2D eigenvalue weighted by Gasteiger charge is -2.25. The molecule has 4 N–H and O–H groups in total. The minimum absolute atomic E-state index is 0.171. The van der Waals surface area contributed by atoms with Crippen molar-refractivity contribution in [3.8, 4) is 0 Å². The molecule has 0 rings (SSSR count). The zero-order valence-corrected chi connectivity index (χ0v) is 10.3. The highest BCUT2D eigenvalue weighted by atomic mass is 31.2. The smallest absolute Gasteiger partial charge is 0.306 e. The van der Waals surface area contributed by atoms with Gasteiger partial charge in [0.25, 0.3) is 7.82 Å². The van der Waals surface area contributed by atoms with Gasteiger partial charge >= 0.3 is 5.97 Å². The molecule has 98 valence electrons. The number of carboxylic acid groups (broad SMARTS) is 1. The molecular formula is C7H18NO7P. The summed E-state index contributed by atoms with van der Waals surface area (Å²) >= 11 is 0. The molecule has 0 aliphatic carbocycles. The lowest BCUT2D eigenvalue weighted by Crippen LogP contribution is -2.42. The first-order valence-electron chi connectivity index (χ1n) is 4.28. The fourth-order valence-corrected chi connectivity index (χ4v) is 0.898. The standard InChI is InChI=1S/C7H15NO3.H3O4P/c1-8(2,3)5-6(9)4-7(10)11;1-5(2,3)4/h6,9H,4-5H2,1-3H3;(H3,1,2,3,4)/t6-;/m0./s1. The Labute approximate surface area is 93.6 Å². The molecule has 0 amide bonds. The molecule has 0 radical (unpaired) electrons. The van der Waals surface area contributed by atoms with Gasteiger partial charge < -0.3 is 29.4 Å². The summed E-state index contributed by atoms with van der Waals surface area (Å²) in [7, 11) is 0.835. The third-order valence-corrected chi connectivity index (χ3v) is 1.17. The molecule has 0 aliphatic rings. The average Bonchev–Trinajstić information content (AvgIpc) is 1.72. The van der Waals surface area contributed by atoms with E-state index < -0.39 is 19.9 Å². The van der Waals surface area contributed by atoms with Crippen LogP contribution >= 0.6 is 7.82 Å². The topological polar surface area (TPSA) is 138 Å². The number of aliphatic carboxylic acids is 1. The minimum atomic E-state index is -4.89. The van der Waals surface area contributed by atoms with Crippen molar-refractivity contribution < 1.29 is 38.7 Å². The average molecular weight is 259 g/mol. The maximum atomic E-state index is 10.1. The molecule has 0 saturated carbocycles. The Hall–Kier alpha value is -0.500. The molecule has 8 nitrogen and oxygen atoms in total. The summed E-state index contributed by atoms with van der Waals surface area (Å²) in [5.41, 5.74) is 0. The second-order valence-electron chi connectivity index (χ2n) is 4.22. The number of rotatable bonds is 4. The van der Waals surface area contributed by atoms with E-state index in [1.54, 1.807) is 0 Å². The van der Waals surface area contributed by atoms with Crippen molar-refractivity contribution in [2.75, 3.05) is 27.7 Å². The van der Waals surface area contributed by atoms with Crippen LogP contribution in [0.2, 0.25) is 0 Å². The number of quaternary nitrogens is 1. The molecule has 0 aromatic rings. The van der Waals surface area contributed by atoms with Gasteiger partial charge in [0.2, 0.25) is 0 Å². The van der Waals surface area contributed by atoms with Crippen LogP contribution in [-0.2, 0) is 9.36 Å². The molecule has 0 spiro atoms. The molecule has 0 aliphatic heterocycles. The first-order chi connectivity index (χ1) is 6.81. The van der Waals surface area contributed by atoms with Gasteiger partial charge in [0.05, 0.1) is 27.6 Å². The second kappa shape index (κ2) is 6.95. The maximum Gasteiger partial charge on any atom is 0.306 e. The molecule has 0 bridgehead atoms. The minimum Gasteiger partial charge on any atom is -0.756 e. The first-order valence-corrected chi connectivity index (χ1v) is 5.81. The van der Waals surface area contributed by atoms with Crippen molar-refractivity contribution in [3.63, 3.8) is 0 Å². The Bertz CT molecular complexity index is 248. The number of hydrogen-bond donors (Lipinski definition) is 4. The van der Waals surface area contributed by atoms with Gasteiger partial charge in [-0.2, -0.15) is 0 Å². The zero-order chi connectivity index (χ0) is 13.6. The van der Waals surface area contributed by atoms with Crippen LogP contribution in [-0.4, -0.2) is 64.2 Å². The zero-order valence-electron chi connectivity index (χ0n) is 9.40. The SMILES string of the molecule is C[N+](C)(C)C[C@@H](O)CC(=O)O.O=P([O-])(O)O. The second-order valence-corrected chi connectivity index (χ2v) is 5.20. The number of aliphatic hydroxyl groups excluding tert-OH is 1. The van der Waals surface area contributed by atoms with Gasteiger partial charge in [0.1, 0.15) is 12.6 Å². The highest BCUT2D eigenvalue weighted by Crippen LogP contribution is 2.18. The van der Waals surface area contributed by atoms with E-state index in [0.717, 1.165) is 0 Å². The number of carboxylic acids is 1. The van der Waals surface area contributed by atoms with Crippen molar-refractivity contribution >= 4 is 13.8 Å². The van der Waals surface area contributed by atoms with Crippen molar-refractivity contribution in [2.24, 2.45) is 0 Å². The molecule has 0 aromatic carbocycles. The van der Waals surface area contributed by atoms with Gasteiger partial charge in [-0.25, -0.2) is 0 Å². The van der Waals surface area contributed by atoms with Gasteiger partial charge in [0.15, 0.2) is 0 Å². The molecular weight excluding hydrogens is 241 g/mol. The summed E-state index contributed by atoms with van der Waals surface area (Å²) < 4.78 is 9.35. The summed E-state index contributed by atoms with van der Waals surface area (Å²) in [4.78, 5) is 33.1. The molecule has 0 fully saturated rings. The normalized spacial score (nSPS) is 13.7. The van der Waals surface area contributed by atoms with Crippen molar-refractivity contribution in [1.82, 2.24) is 0 Å². The van der Waals surface area contributed by atoms with Crippen molar-refractivity contribution in [3.05, 3.63) is 0 Å². The van der Waals surface area contributed by atoms with E-state index in [2.05, 4.69) is 0 Å². The monoisotopic (exact) mass is 259 g/mol. The fourth-order valence-electron chi connectivity index (χ4n) is 0.898. The third-order valence-electron chi connectivity index (χ3n) is 1.17. The number of likely N-dealkylation sites (N-methyl/N-ethyl adjacent to an activating group) is 1. The Morgan fingerprint density at radius 3 is 1.88 bits per heavy atom. The largest absolute Gasteiger partial charge is 0.756 e. The van der Waals surface area contributed by atoms with E-state index >= 15 is 0 Å². The molecule has 0 unspecified atom stereocenters. The van der Waals surface area contributed by atoms with Gasteiger partial charge in [-0.05, 0) is 0 Å². The predicted octanol–water partition coefficient (Wildman–Crippen LogP) is -2.03. The van der Waals surface area contributed by atoms with Crippen molar-refractivity contribution in [1.29, 1.82) is 0 Å². The van der Waals surface area contributed by atoms with Crippen LogP contribution in [0.25, 0.3) is 0 Å². The van der Waals surface area contributed by atoms with Crippen molar-refractivity contribution in [2.45, 2.75) is 12.5 Å². The van der Waals surface area contributed by atoms with Gasteiger partial charge in [-0.1, -0.05) is 0 Å². The van der Waals surface area contributed by atoms with E-state index in [9.17, 15) is 4.79 Å². The van der Waals surface area contributed by atoms with E-state index in [4.69, 9.17) is 29.5 Å². The number of aliphatic hydroxyl groups is 1. The van der Waals surface area contributed by atoms with Gasteiger partial charge in [0, 0.05) is 0 Å². The van der Waals surface area contributed by atoms with Crippen LogP contribution in [0, 0.1) is 0 Å². The highest BCUT2D eigenvalue weighted by molar-refractivity contribution is 7.43. The van der Waals surface area contributed by atoms with Gasteiger partial charge in [-0.3, -0.25) is 9.36 Å². The Kier molecular flexibility index (Phi) is 7.77. The number of phosphoric acid groups is 1. The summed E-state index contributed by atoms with van der Waals surface area (Å²) in [5.74, 6) is -0.953. The lowest BCUT2D eigenvalue weighted by molar-refractivity contribution is -0.873. The maximum absolute atomic E-state index is 10.1. The number of carbonyl (C=O) groups is 1. The Morgan fingerprint density at radius 2 is 1.69 bits per heavy atom. The fraction of sp³-hybridized carbons (Fsp3) is 0.857. The number of hydrogen-bond acceptors (Lipinski definition) is 4. The molecule has 0 saturated heterocycles. The van der Waals surface area contributed by atoms with Crippen LogP contribution in [0.5, 0.6) is 0 Å². The van der Waals surface area contributed by atoms with Crippen LogP contribution in [0.3, 0.4) is 0 Å². The van der Waals surface area contributed by atoms with Crippen LogP contribution in [0.15, 0.2) is 0 Å². The van der Waals surface area contributed by atoms with E-state index in [1.165, 1.54) is 0 Å². The van der Waals surface area contributed by atoms with E-state index in [0.29, 0.717) is 11.0 Å². The predicted molar refractivity (Wildman–Crippen MR) is 53.2 cm³/mol. The summed E-state index contributed by atoms with van der Waals surface area (Å²) in [6, 6.07) is 0. The summed E-state index contributed by atoms with van der Waals surface area (Å²) in [6.45, 7) is 0.465. The molecule has 16 heavy (non-hydrogen) atoms. The highest BCUT2D eigenvalue weighted by Gasteiger charge is 2.17. The van der Waals surface area contributed by atoms with E-state index in [-0.39, 0.29) is 6.42 Å². The van der Waals surface area contributed by atoms with Gasteiger partial charge in [-0.15, -0.1) is 0 Å². The first kappa shape index (κ1) is 17.9. The van der Waals surface area contributed by atoms with E-state index in [1.807, 2.05) is 21.1 Å². The van der Waals surface area contributed by atoms with Crippen LogP contribution < -0.4 is 4.89 Å². The Balaban J connectivity index is 0. The quantitative estimate of drug-likeness (QED) is 0.337. The molecule has 9 heteroatoms. The summed E-state index contributed by atoms with van der Waals surface area (Å²) in [6.07, 6.45) is -0.914. The summed E-state index contributed by atoms with van der Waals surface area (Å²) in [5, 5.41) is 17.5. The third kappa shape index (κ3) is 29.2.